The highest BCUT2D eigenvalue weighted by molar-refractivity contribution is 9.10. The van der Waals surface area contributed by atoms with Crippen LogP contribution in [0.4, 0.5) is 4.39 Å². The molecule has 112 valence electrons. The van der Waals surface area contributed by atoms with Gasteiger partial charge in [-0.25, -0.2) is 22.3 Å². The molecule has 1 aromatic rings. The number of benzene rings is 1. The van der Waals surface area contributed by atoms with E-state index >= 15 is 0 Å². The molecule has 1 aromatic carbocycles. The molecular formula is C11H13BrFNO4S2. The molecule has 0 aromatic heterocycles. The number of sulfonamides is 1. The Labute approximate surface area is 129 Å². The summed E-state index contributed by atoms with van der Waals surface area (Å²) in [5.41, 5.74) is -0.691. The topological polar surface area (TPSA) is 83.5 Å². The van der Waals surface area contributed by atoms with E-state index in [9.17, 15) is 17.6 Å². The average Bonchev–Trinajstić information content (AvgIpc) is 2.36. The van der Waals surface area contributed by atoms with Crippen molar-refractivity contribution in [2.45, 2.75) is 11.3 Å². The second-order valence-electron chi connectivity index (χ2n) is 3.81. The molecule has 2 N–H and O–H groups in total. The molecule has 20 heavy (non-hydrogen) atoms. The molecule has 1 rings (SSSR count). The van der Waals surface area contributed by atoms with Gasteiger partial charge in [-0.1, -0.05) is 15.9 Å². The van der Waals surface area contributed by atoms with Crippen LogP contribution in [0.2, 0.25) is 0 Å². The normalized spacial score (nSPS) is 11.6. The first-order chi connectivity index (χ1) is 9.29. The van der Waals surface area contributed by atoms with Gasteiger partial charge in [-0.15, -0.1) is 0 Å². The van der Waals surface area contributed by atoms with Crippen LogP contribution in [0.3, 0.4) is 0 Å². The lowest BCUT2D eigenvalue weighted by Crippen LogP contribution is -2.26. The summed E-state index contributed by atoms with van der Waals surface area (Å²) >= 11 is 4.54. The monoisotopic (exact) mass is 385 g/mol. The highest BCUT2D eigenvalue weighted by Crippen LogP contribution is 2.24. The summed E-state index contributed by atoms with van der Waals surface area (Å²) in [6.45, 7) is 0.164. The van der Waals surface area contributed by atoms with Crippen LogP contribution in [0.15, 0.2) is 21.5 Å². The van der Waals surface area contributed by atoms with Crippen LogP contribution in [0, 0.1) is 5.82 Å². The van der Waals surface area contributed by atoms with E-state index in [0.717, 1.165) is 17.9 Å². The molecule has 0 amide bonds. The summed E-state index contributed by atoms with van der Waals surface area (Å²) < 4.78 is 40.3. The summed E-state index contributed by atoms with van der Waals surface area (Å²) in [6, 6.07) is 2.06. The number of carboxylic acid groups (broad SMARTS) is 1. The van der Waals surface area contributed by atoms with Crippen LogP contribution in [0.25, 0.3) is 0 Å². The first-order valence-corrected chi connectivity index (χ1v) is 9.17. The van der Waals surface area contributed by atoms with Crippen molar-refractivity contribution < 1.29 is 22.7 Å². The maximum absolute atomic E-state index is 13.9. The van der Waals surface area contributed by atoms with Crippen LogP contribution < -0.4 is 4.72 Å². The van der Waals surface area contributed by atoms with E-state index in [1.165, 1.54) is 0 Å². The van der Waals surface area contributed by atoms with Crippen molar-refractivity contribution in [1.29, 1.82) is 0 Å². The lowest BCUT2D eigenvalue weighted by Gasteiger charge is -2.09. The molecule has 5 nitrogen and oxygen atoms in total. The molecule has 0 radical (unpaired) electrons. The fourth-order valence-corrected chi connectivity index (χ4v) is 3.66. The van der Waals surface area contributed by atoms with Gasteiger partial charge in [-0.2, -0.15) is 11.8 Å². The Kier molecular flexibility index (Phi) is 6.44. The van der Waals surface area contributed by atoms with Crippen molar-refractivity contribution in [3.8, 4) is 0 Å². The van der Waals surface area contributed by atoms with Crippen molar-refractivity contribution in [3.63, 3.8) is 0 Å². The number of thioether (sulfide) groups is 1. The van der Waals surface area contributed by atoms with Crippen molar-refractivity contribution in [3.05, 3.63) is 28.0 Å². The number of hydrogen-bond acceptors (Lipinski definition) is 4. The van der Waals surface area contributed by atoms with Crippen molar-refractivity contribution in [2.24, 2.45) is 0 Å². The third-order valence-electron chi connectivity index (χ3n) is 2.34. The van der Waals surface area contributed by atoms with E-state index in [1.54, 1.807) is 11.8 Å². The largest absolute Gasteiger partial charge is 0.478 e. The molecular weight excluding hydrogens is 373 g/mol. The van der Waals surface area contributed by atoms with E-state index < -0.39 is 32.3 Å². The molecule has 9 heteroatoms. The molecule has 0 aliphatic carbocycles. The molecule has 0 bridgehead atoms. The minimum absolute atomic E-state index is 0.164. The first-order valence-electron chi connectivity index (χ1n) is 5.50. The van der Waals surface area contributed by atoms with Crippen molar-refractivity contribution in [2.75, 3.05) is 18.6 Å². The Balaban J connectivity index is 3.09. The van der Waals surface area contributed by atoms with Crippen LogP contribution in [-0.2, 0) is 10.0 Å². The van der Waals surface area contributed by atoms with Crippen LogP contribution in [0.5, 0.6) is 0 Å². The SMILES string of the molecule is CSCCCNS(=O)(=O)c1cc(Br)cc(C(=O)O)c1F. The van der Waals surface area contributed by atoms with Crippen molar-refractivity contribution >= 4 is 43.7 Å². The summed E-state index contributed by atoms with van der Waals surface area (Å²) in [5, 5.41) is 8.85. The van der Waals surface area contributed by atoms with E-state index in [0.29, 0.717) is 6.42 Å². The van der Waals surface area contributed by atoms with E-state index in [1.807, 2.05) is 6.26 Å². The van der Waals surface area contributed by atoms with Gasteiger partial charge in [0.2, 0.25) is 10.0 Å². The smallest absolute Gasteiger partial charge is 0.338 e. The number of carboxylic acids is 1. The maximum Gasteiger partial charge on any atom is 0.338 e. The van der Waals surface area contributed by atoms with E-state index in [2.05, 4.69) is 20.7 Å². The molecule has 0 aliphatic heterocycles. The van der Waals surface area contributed by atoms with Gasteiger partial charge in [0.25, 0.3) is 0 Å². The molecule has 0 fully saturated rings. The summed E-state index contributed by atoms with van der Waals surface area (Å²) in [4.78, 5) is 10.2. The summed E-state index contributed by atoms with van der Waals surface area (Å²) in [5.74, 6) is -2.02. The number of nitrogens with one attached hydrogen (secondary N) is 1. The molecule has 0 saturated heterocycles. The number of hydrogen-bond donors (Lipinski definition) is 2. The zero-order valence-electron chi connectivity index (χ0n) is 10.5. The minimum atomic E-state index is -4.08. The van der Waals surface area contributed by atoms with Gasteiger partial charge in [0.15, 0.2) is 5.82 Å². The molecule has 0 atom stereocenters. The van der Waals surface area contributed by atoms with Gasteiger partial charge in [0, 0.05) is 11.0 Å². The standard InChI is InChI=1S/C11H13BrFNO4S2/c1-19-4-2-3-14-20(17,18)9-6-7(12)5-8(10(9)13)11(15)16/h5-6,14H,2-4H2,1H3,(H,15,16). The van der Waals surface area contributed by atoms with Gasteiger partial charge in [-0.05, 0) is 30.6 Å². The predicted octanol–water partition coefficient (Wildman–Crippen LogP) is 2.32. The third kappa shape index (κ3) is 4.44. The lowest BCUT2D eigenvalue weighted by atomic mass is 10.2. The average molecular weight is 386 g/mol. The zero-order chi connectivity index (χ0) is 15.3. The van der Waals surface area contributed by atoms with Crippen LogP contribution >= 0.6 is 27.7 Å². The lowest BCUT2D eigenvalue weighted by molar-refractivity contribution is 0.0691. The first kappa shape index (κ1) is 17.4. The summed E-state index contributed by atoms with van der Waals surface area (Å²) in [7, 11) is -4.08. The second kappa shape index (κ2) is 7.39. The fourth-order valence-electron chi connectivity index (χ4n) is 1.42. The minimum Gasteiger partial charge on any atom is -0.478 e. The number of rotatable bonds is 7. The predicted molar refractivity (Wildman–Crippen MR) is 79.2 cm³/mol. The molecule has 0 spiro atoms. The molecule has 0 aliphatic rings. The highest BCUT2D eigenvalue weighted by atomic mass is 79.9. The quantitative estimate of drug-likeness (QED) is 0.703. The Morgan fingerprint density at radius 2 is 2.15 bits per heavy atom. The van der Waals surface area contributed by atoms with Gasteiger partial charge in [-0.3, -0.25) is 0 Å². The molecule has 0 unspecified atom stereocenters. The molecule has 0 heterocycles. The molecule has 0 saturated carbocycles. The van der Waals surface area contributed by atoms with E-state index in [-0.39, 0.29) is 11.0 Å². The third-order valence-corrected chi connectivity index (χ3v) is 4.96. The maximum atomic E-state index is 13.9. The van der Waals surface area contributed by atoms with Gasteiger partial charge < -0.3 is 5.11 Å². The number of carbonyl (C=O) groups is 1. The van der Waals surface area contributed by atoms with Crippen LogP contribution in [0.1, 0.15) is 16.8 Å². The second-order valence-corrected chi connectivity index (χ2v) is 7.45. The van der Waals surface area contributed by atoms with Crippen molar-refractivity contribution in [1.82, 2.24) is 4.72 Å². The van der Waals surface area contributed by atoms with Gasteiger partial charge >= 0.3 is 5.97 Å². The fraction of sp³-hybridized carbons (Fsp3) is 0.364. The van der Waals surface area contributed by atoms with Gasteiger partial charge in [0.1, 0.15) is 4.90 Å². The number of halogens is 2. The van der Waals surface area contributed by atoms with E-state index in [4.69, 9.17) is 5.11 Å². The Morgan fingerprint density at radius 1 is 1.50 bits per heavy atom. The number of aromatic carboxylic acids is 1. The van der Waals surface area contributed by atoms with Crippen LogP contribution in [-0.4, -0.2) is 38.0 Å². The summed E-state index contributed by atoms with van der Waals surface area (Å²) in [6.07, 6.45) is 2.49. The zero-order valence-corrected chi connectivity index (χ0v) is 13.7. The Morgan fingerprint density at radius 3 is 2.70 bits per heavy atom. The Bertz CT molecular complexity index is 607. The highest BCUT2D eigenvalue weighted by Gasteiger charge is 2.24. The van der Waals surface area contributed by atoms with Gasteiger partial charge in [0.05, 0.1) is 5.56 Å². The Hall–Kier alpha value is -0.640.